The van der Waals surface area contributed by atoms with E-state index in [-0.39, 0.29) is 5.91 Å². The Morgan fingerprint density at radius 3 is 2.82 bits per heavy atom. The summed E-state index contributed by atoms with van der Waals surface area (Å²) >= 11 is 0. The van der Waals surface area contributed by atoms with Crippen LogP contribution < -0.4 is 5.32 Å². The molecule has 0 bridgehead atoms. The Balaban J connectivity index is 1.77. The predicted molar refractivity (Wildman–Crippen MR) is 65.6 cm³/mol. The largest absolute Gasteiger partial charge is 0.352 e. The van der Waals surface area contributed by atoms with Crippen LogP contribution in [-0.4, -0.2) is 46.8 Å². The molecule has 1 aromatic heterocycles. The monoisotopic (exact) mass is 236 g/mol. The van der Waals surface area contributed by atoms with E-state index in [2.05, 4.69) is 22.4 Å². The zero-order chi connectivity index (χ0) is 12.3. The molecule has 0 aliphatic carbocycles. The summed E-state index contributed by atoms with van der Waals surface area (Å²) in [5, 5.41) is 7.18. The summed E-state index contributed by atoms with van der Waals surface area (Å²) in [4.78, 5) is 14.1. The lowest BCUT2D eigenvalue weighted by Crippen LogP contribution is -2.44. The average molecular weight is 236 g/mol. The highest BCUT2D eigenvalue weighted by atomic mass is 16.2. The lowest BCUT2D eigenvalue weighted by Gasteiger charge is -2.29. The van der Waals surface area contributed by atoms with Crippen LogP contribution in [0.2, 0.25) is 0 Å². The van der Waals surface area contributed by atoms with Crippen LogP contribution in [0.15, 0.2) is 12.4 Å². The van der Waals surface area contributed by atoms with Gasteiger partial charge in [-0.1, -0.05) is 0 Å². The SMILES string of the molecule is Cc1cnn(CC(=O)NC2CCN(C)CC2)c1. The van der Waals surface area contributed by atoms with Gasteiger partial charge < -0.3 is 10.2 Å². The standard InChI is InChI=1S/C12H20N4O/c1-10-7-13-16(8-10)9-12(17)14-11-3-5-15(2)6-4-11/h7-8,11H,3-6,9H2,1-2H3,(H,14,17). The second-order valence-corrected chi connectivity index (χ2v) is 4.86. The van der Waals surface area contributed by atoms with Crippen molar-refractivity contribution in [1.29, 1.82) is 0 Å². The molecule has 2 rings (SSSR count). The van der Waals surface area contributed by atoms with Crippen LogP contribution in [0.3, 0.4) is 0 Å². The van der Waals surface area contributed by atoms with Gasteiger partial charge in [0.05, 0.1) is 6.20 Å². The highest BCUT2D eigenvalue weighted by Gasteiger charge is 2.18. The van der Waals surface area contributed by atoms with Gasteiger partial charge in [-0.05, 0) is 45.5 Å². The third-order valence-electron chi connectivity index (χ3n) is 3.15. The topological polar surface area (TPSA) is 50.2 Å². The first-order valence-electron chi connectivity index (χ1n) is 6.10. The predicted octanol–water partition coefficient (Wildman–Crippen LogP) is 0.402. The summed E-state index contributed by atoms with van der Waals surface area (Å²) in [6, 6.07) is 0.329. The van der Waals surface area contributed by atoms with Crippen LogP contribution in [0.25, 0.3) is 0 Å². The molecule has 0 atom stereocenters. The van der Waals surface area contributed by atoms with E-state index in [0.29, 0.717) is 12.6 Å². The number of likely N-dealkylation sites (tertiary alicyclic amines) is 1. The van der Waals surface area contributed by atoms with E-state index in [1.807, 2.05) is 13.1 Å². The minimum absolute atomic E-state index is 0.0580. The normalized spacial score (nSPS) is 18.2. The summed E-state index contributed by atoms with van der Waals surface area (Å²) in [6.07, 6.45) is 5.73. The Labute approximate surface area is 102 Å². The number of piperidine rings is 1. The molecule has 5 nitrogen and oxygen atoms in total. The lowest BCUT2D eigenvalue weighted by molar-refractivity contribution is -0.122. The van der Waals surface area contributed by atoms with E-state index < -0.39 is 0 Å². The van der Waals surface area contributed by atoms with Gasteiger partial charge in [-0.15, -0.1) is 0 Å². The Hall–Kier alpha value is -1.36. The first-order chi connectivity index (χ1) is 8.13. The Morgan fingerprint density at radius 1 is 1.53 bits per heavy atom. The van der Waals surface area contributed by atoms with Gasteiger partial charge in [0.2, 0.25) is 5.91 Å². The van der Waals surface area contributed by atoms with Crippen molar-refractivity contribution in [3.05, 3.63) is 18.0 Å². The Morgan fingerprint density at radius 2 is 2.24 bits per heavy atom. The fourth-order valence-electron chi connectivity index (χ4n) is 2.13. The van der Waals surface area contributed by atoms with E-state index >= 15 is 0 Å². The minimum atomic E-state index is 0.0580. The van der Waals surface area contributed by atoms with Crippen molar-refractivity contribution in [3.8, 4) is 0 Å². The Bertz CT molecular complexity index is 380. The van der Waals surface area contributed by atoms with Crippen molar-refractivity contribution < 1.29 is 4.79 Å². The number of carbonyl (C=O) groups excluding carboxylic acids is 1. The summed E-state index contributed by atoms with van der Waals surface area (Å²) in [6.45, 7) is 4.41. The third kappa shape index (κ3) is 3.56. The number of hydrogen-bond donors (Lipinski definition) is 1. The van der Waals surface area contributed by atoms with Gasteiger partial charge >= 0.3 is 0 Å². The zero-order valence-corrected chi connectivity index (χ0v) is 10.5. The van der Waals surface area contributed by atoms with E-state index in [0.717, 1.165) is 31.5 Å². The van der Waals surface area contributed by atoms with Crippen molar-refractivity contribution in [2.45, 2.75) is 32.4 Å². The van der Waals surface area contributed by atoms with Gasteiger partial charge in [0.15, 0.2) is 0 Å². The molecule has 94 valence electrons. The van der Waals surface area contributed by atoms with Gasteiger partial charge in [0.1, 0.15) is 6.54 Å². The van der Waals surface area contributed by atoms with Gasteiger partial charge in [-0.25, -0.2) is 0 Å². The van der Waals surface area contributed by atoms with Crippen LogP contribution in [0.4, 0.5) is 0 Å². The zero-order valence-electron chi connectivity index (χ0n) is 10.5. The van der Waals surface area contributed by atoms with Crippen LogP contribution in [0.1, 0.15) is 18.4 Å². The summed E-state index contributed by atoms with van der Waals surface area (Å²) in [5.74, 6) is 0.0580. The van der Waals surface area contributed by atoms with Crippen LogP contribution >= 0.6 is 0 Å². The number of amides is 1. The summed E-state index contributed by atoms with van der Waals surface area (Å²) in [5.41, 5.74) is 1.08. The summed E-state index contributed by atoms with van der Waals surface area (Å²) in [7, 11) is 2.12. The molecule has 0 unspecified atom stereocenters. The smallest absolute Gasteiger partial charge is 0.241 e. The number of carbonyl (C=O) groups is 1. The Kier molecular flexibility index (Phi) is 3.78. The quantitative estimate of drug-likeness (QED) is 0.826. The van der Waals surface area contributed by atoms with Crippen LogP contribution in [-0.2, 0) is 11.3 Å². The van der Waals surface area contributed by atoms with Gasteiger partial charge in [0.25, 0.3) is 0 Å². The third-order valence-corrected chi connectivity index (χ3v) is 3.15. The van der Waals surface area contributed by atoms with Crippen molar-refractivity contribution >= 4 is 5.91 Å². The first-order valence-corrected chi connectivity index (χ1v) is 6.10. The molecule has 1 aliphatic heterocycles. The van der Waals surface area contributed by atoms with Crippen molar-refractivity contribution in [3.63, 3.8) is 0 Å². The molecule has 17 heavy (non-hydrogen) atoms. The number of aryl methyl sites for hydroxylation is 1. The van der Waals surface area contributed by atoms with Gasteiger partial charge in [-0.3, -0.25) is 9.48 Å². The number of rotatable bonds is 3. The van der Waals surface area contributed by atoms with E-state index in [4.69, 9.17) is 0 Å². The number of aromatic nitrogens is 2. The molecule has 0 radical (unpaired) electrons. The maximum Gasteiger partial charge on any atom is 0.241 e. The number of hydrogen-bond acceptors (Lipinski definition) is 3. The van der Waals surface area contributed by atoms with Crippen molar-refractivity contribution in [2.24, 2.45) is 0 Å². The molecule has 2 heterocycles. The fraction of sp³-hybridized carbons (Fsp3) is 0.667. The van der Waals surface area contributed by atoms with E-state index in [9.17, 15) is 4.79 Å². The molecule has 0 saturated carbocycles. The molecule has 0 spiro atoms. The number of nitrogens with zero attached hydrogens (tertiary/aromatic N) is 3. The average Bonchev–Trinajstić information content (AvgIpc) is 2.67. The maximum atomic E-state index is 11.8. The fourth-order valence-corrected chi connectivity index (χ4v) is 2.13. The van der Waals surface area contributed by atoms with Crippen LogP contribution in [0.5, 0.6) is 0 Å². The van der Waals surface area contributed by atoms with Crippen molar-refractivity contribution in [1.82, 2.24) is 20.0 Å². The van der Waals surface area contributed by atoms with E-state index in [1.54, 1.807) is 10.9 Å². The highest BCUT2D eigenvalue weighted by Crippen LogP contribution is 2.08. The summed E-state index contributed by atoms with van der Waals surface area (Å²) < 4.78 is 1.68. The number of nitrogens with one attached hydrogen (secondary N) is 1. The van der Waals surface area contributed by atoms with Gasteiger partial charge in [0, 0.05) is 12.2 Å². The molecule has 1 aliphatic rings. The highest BCUT2D eigenvalue weighted by molar-refractivity contribution is 5.75. The van der Waals surface area contributed by atoms with E-state index in [1.165, 1.54) is 0 Å². The molecule has 5 heteroatoms. The van der Waals surface area contributed by atoms with Crippen LogP contribution in [0, 0.1) is 6.92 Å². The molecular weight excluding hydrogens is 216 g/mol. The second-order valence-electron chi connectivity index (χ2n) is 4.86. The molecule has 1 amide bonds. The van der Waals surface area contributed by atoms with Gasteiger partial charge in [-0.2, -0.15) is 5.10 Å². The molecule has 1 fully saturated rings. The second kappa shape index (κ2) is 5.31. The molecule has 1 N–H and O–H groups in total. The minimum Gasteiger partial charge on any atom is -0.352 e. The lowest BCUT2D eigenvalue weighted by atomic mass is 10.1. The molecule has 0 aromatic carbocycles. The first kappa shape index (κ1) is 12.1. The molecule has 1 saturated heterocycles. The van der Waals surface area contributed by atoms with Crippen molar-refractivity contribution in [2.75, 3.05) is 20.1 Å². The maximum absolute atomic E-state index is 11.8. The molecular formula is C12H20N4O. The molecule has 1 aromatic rings.